The van der Waals surface area contributed by atoms with Gasteiger partial charge in [-0.05, 0) is 38.8 Å². The number of halogens is 1. The quantitative estimate of drug-likeness (QED) is 0.850. The van der Waals surface area contributed by atoms with Gasteiger partial charge in [-0.1, -0.05) is 11.6 Å². The van der Waals surface area contributed by atoms with Crippen LogP contribution in [0.15, 0.2) is 12.1 Å². The number of likely N-dealkylation sites (tertiary alicyclic amines) is 1. The molecule has 2 amide bonds. The van der Waals surface area contributed by atoms with Crippen LogP contribution >= 0.6 is 11.6 Å². The minimum Gasteiger partial charge on any atom is -0.491 e. The van der Waals surface area contributed by atoms with E-state index in [1.807, 2.05) is 24.8 Å². The minimum atomic E-state index is -0.123. The Balaban J connectivity index is 1.59. The minimum absolute atomic E-state index is 0.0481. The van der Waals surface area contributed by atoms with Gasteiger partial charge in [-0.15, -0.1) is 0 Å². The molecule has 1 fully saturated rings. The maximum Gasteiger partial charge on any atom is 0.322 e. The van der Waals surface area contributed by atoms with Crippen molar-refractivity contribution in [2.24, 2.45) is 0 Å². The number of anilines is 1. The number of aryl methyl sites for hydroxylation is 2. The van der Waals surface area contributed by atoms with Crippen LogP contribution in [-0.2, 0) is 6.42 Å². The lowest BCUT2D eigenvalue weighted by molar-refractivity contribution is 0.206. The summed E-state index contributed by atoms with van der Waals surface area (Å²) in [6.07, 6.45) is 2.74. The zero-order chi connectivity index (χ0) is 17.6. The highest BCUT2D eigenvalue weighted by Gasteiger charge is 2.33. The number of hydrogen-bond donors (Lipinski definition) is 2. The van der Waals surface area contributed by atoms with Crippen LogP contribution in [0, 0.1) is 13.8 Å². The van der Waals surface area contributed by atoms with E-state index in [1.54, 1.807) is 6.07 Å². The van der Waals surface area contributed by atoms with Gasteiger partial charge in [0.2, 0.25) is 0 Å². The molecule has 0 spiro atoms. The topological polar surface area (TPSA) is 70.2 Å². The smallest absolute Gasteiger partial charge is 0.322 e. The van der Waals surface area contributed by atoms with Gasteiger partial charge in [-0.2, -0.15) is 5.10 Å². The lowest BCUT2D eigenvalue weighted by Crippen LogP contribution is -2.34. The van der Waals surface area contributed by atoms with E-state index in [2.05, 4.69) is 15.5 Å². The van der Waals surface area contributed by atoms with Gasteiger partial charge in [0.25, 0.3) is 0 Å². The number of urea groups is 1. The number of aromatic nitrogens is 2. The summed E-state index contributed by atoms with van der Waals surface area (Å²) in [6.45, 7) is 5.33. The normalized spacial score (nSPS) is 19.0. The van der Waals surface area contributed by atoms with Crippen LogP contribution < -0.4 is 10.1 Å². The van der Waals surface area contributed by atoms with Gasteiger partial charge in [-0.3, -0.25) is 5.10 Å². The summed E-state index contributed by atoms with van der Waals surface area (Å²) >= 11 is 6.19. The van der Waals surface area contributed by atoms with Gasteiger partial charge in [0.05, 0.1) is 24.0 Å². The molecule has 2 aliphatic heterocycles. The van der Waals surface area contributed by atoms with Gasteiger partial charge in [0, 0.05) is 34.8 Å². The summed E-state index contributed by atoms with van der Waals surface area (Å²) in [5, 5.41) is 10.9. The molecule has 0 unspecified atom stereocenters. The van der Waals surface area contributed by atoms with E-state index in [0.29, 0.717) is 17.3 Å². The van der Waals surface area contributed by atoms with E-state index < -0.39 is 0 Å². The van der Waals surface area contributed by atoms with Crippen LogP contribution in [0.5, 0.6) is 5.75 Å². The number of hydrogen-bond acceptors (Lipinski definition) is 3. The molecular formula is C18H21ClN4O2. The zero-order valence-corrected chi connectivity index (χ0v) is 15.1. The third-order valence-electron chi connectivity index (χ3n) is 5.02. The van der Waals surface area contributed by atoms with E-state index in [-0.39, 0.29) is 12.1 Å². The van der Waals surface area contributed by atoms with Crippen LogP contribution in [-0.4, -0.2) is 34.3 Å². The molecule has 4 rings (SSSR count). The van der Waals surface area contributed by atoms with Crippen LogP contribution in [0.25, 0.3) is 0 Å². The van der Waals surface area contributed by atoms with Gasteiger partial charge >= 0.3 is 6.03 Å². The molecule has 0 saturated carbocycles. The predicted octanol–water partition coefficient (Wildman–Crippen LogP) is 3.98. The molecule has 3 heterocycles. The maximum absolute atomic E-state index is 12.9. The Morgan fingerprint density at radius 1 is 1.44 bits per heavy atom. The number of amides is 2. The number of rotatable bonds is 2. The summed E-state index contributed by atoms with van der Waals surface area (Å²) in [4.78, 5) is 14.8. The number of nitrogens with one attached hydrogen (secondary N) is 2. The van der Waals surface area contributed by atoms with Crippen LogP contribution in [0.3, 0.4) is 0 Å². The molecule has 1 aromatic carbocycles. The molecule has 0 radical (unpaired) electrons. The molecule has 1 saturated heterocycles. The highest BCUT2D eigenvalue weighted by atomic mass is 35.5. The van der Waals surface area contributed by atoms with Gasteiger partial charge in [0.15, 0.2) is 0 Å². The second-order valence-electron chi connectivity index (χ2n) is 6.67. The molecule has 1 aromatic heterocycles. The van der Waals surface area contributed by atoms with Crippen LogP contribution in [0.2, 0.25) is 5.02 Å². The fourth-order valence-electron chi connectivity index (χ4n) is 3.91. The SMILES string of the molecule is Cc1n[nH]c(C)c1[C@@H]1CCCN1C(=O)Nc1cc(Cl)cc2c1OCC2. The summed E-state index contributed by atoms with van der Waals surface area (Å²) in [5.74, 6) is 0.740. The Labute approximate surface area is 151 Å². The zero-order valence-electron chi connectivity index (χ0n) is 14.4. The summed E-state index contributed by atoms with van der Waals surface area (Å²) in [5.41, 5.74) is 4.79. The Morgan fingerprint density at radius 3 is 3.04 bits per heavy atom. The monoisotopic (exact) mass is 360 g/mol. The van der Waals surface area contributed by atoms with Gasteiger partial charge in [-0.25, -0.2) is 4.79 Å². The molecule has 1 atom stereocenters. The van der Waals surface area contributed by atoms with E-state index in [4.69, 9.17) is 16.3 Å². The van der Waals surface area contributed by atoms with Crippen molar-refractivity contribution in [3.63, 3.8) is 0 Å². The van der Waals surface area contributed by atoms with E-state index in [0.717, 1.165) is 54.1 Å². The van der Waals surface area contributed by atoms with Crippen molar-refractivity contribution in [3.05, 3.63) is 39.7 Å². The number of fused-ring (bicyclic) bond motifs is 1. The molecule has 0 aliphatic carbocycles. The van der Waals surface area contributed by atoms with E-state index in [9.17, 15) is 4.79 Å². The number of aromatic amines is 1. The predicted molar refractivity (Wildman–Crippen MR) is 96.4 cm³/mol. The third-order valence-corrected chi connectivity index (χ3v) is 5.24. The molecule has 6 nitrogen and oxygen atoms in total. The van der Waals surface area contributed by atoms with E-state index >= 15 is 0 Å². The average molecular weight is 361 g/mol. The maximum atomic E-state index is 12.9. The van der Waals surface area contributed by atoms with Crippen molar-refractivity contribution in [2.45, 2.75) is 39.2 Å². The highest BCUT2D eigenvalue weighted by Crippen LogP contribution is 2.39. The molecule has 132 valence electrons. The molecular weight excluding hydrogens is 340 g/mol. The van der Waals surface area contributed by atoms with Crippen LogP contribution in [0.4, 0.5) is 10.5 Å². The number of H-pyrrole nitrogens is 1. The first-order chi connectivity index (χ1) is 12.0. The van der Waals surface area contributed by atoms with Crippen molar-refractivity contribution >= 4 is 23.3 Å². The van der Waals surface area contributed by atoms with Crippen molar-refractivity contribution in [2.75, 3.05) is 18.5 Å². The average Bonchev–Trinajstić information content (AvgIpc) is 3.27. The van der Waals surface area contributed by atoms with Crippen LogP contribution in [0.1, 0.15) is 41.4 Å². The van der Waals surface area contributed by atoms with Gasteiger partial charge in [0.1, 0.15) is 5.75 Å². The molecule has 2 aliphatic rings. The largest absolute Gasteiger partial charge is 0.491 e. The van der Waals surface area contributed by atoms with Crippen molar-refractivity contribution in [1.82, 2.24) is 15.1 Å². The third kappa shape index (κ3) is 2.84. The second-order valence-corrected chi connectivity index (χ2v) is 7.11. The highest BCUT2D eigenvalue weighted by molar-refractivity contribution is 6.31. The second kappa shape index (κ2) is 6.26. The van der Waals surface area contributed by atoms with Crippen molar-refractivity contribution < 1.29 is 9.53 Å². The Bertz CT molecular complexity index is 813. The number of ether oxygens (including phenoxy) is 1. The summed E-state index contributed by atoms with van der Waals surface area (Å²) < 4.78 is 5.68. The summed E-state index contributed by atoms with van der Waals surface area (Å²) in [6, 6.07) is 3.58. The molecule has 2 aromatic rings. The van der Waals surface area contributed by atoms with E-state index in [1.165, 1.54) is 0 Å². The van der Waals surface area contributed by atoms with Crippen molar-refractivity contribution in [1.29, 1.82) is 0 Å². The molecule has 7 heteroatoms. The fourth-order valence-corrected chi connectivity index (χ4v) is 4.15. The molecule has 2 N–H and O–H groups in total. The number of carbonyl (C=O) groups is 1. The fraction of sp³-hybridized carbons (Fsp3) is 0.444. The lowest BCUT2D eigenvalue weighted by atomic mass is 10.0. The lowest BCUT2D eigenvalue weighted by Gasteiger charge is -2.26. The first-order valence-electron chi connectivity index (χ1n) is 8.59. The first-order valence-corrected chi connectivity index (χ1v) is 8.96. The molecule has 0 bridgehead atoms. The Kier molecular flexibility index (Phi) is 4.07. The summed E-state index contributed by atoms with van der Waals surface area (Å²) in [7, 11) is 0. The number of nitrogens with zero attached hydrogens (tertiary/aromatic N) is 2. The number of benzene rings is 1. The standard InChI is InChI=1S/C18H21ClN4O2/c1-10-16(11(2)22-21-10)15-4-3-6-23(15)18(24)20-14-9-13(19)8-12-5-7-25-17(12)14/h8-9,15H,3-7H2,1-2H3,(H,20,24)(H,21,22)/t15-/m0/s1. The Hall–Kier alpha value is -2.21. The first kappa shape index (κ1) is 16.3. The van der Waals surface area contributed by atoms with Crippen molar-refractivity contribution in [3.8, 4) is 5.75 Å². The Morgan fingerprint density at radius 2 is 2.28 bits per heavy atom. The molecule has 25 heavy (non-hydrogen) atoms. The number of carbonyl (C=O) groups excluding carboxylic acids is 1. The van der Waals surface area contributed by atoms with Gasteiger partial charge < -0.3 is 15.0 Å².